The third kappa shape index (κ3) is 3.36. The number of carbonyl (C=O) groups is 1. The van der Waals surface area contributed by atoms with Crippen molar-refractivity contribution in [2.75, 3.05) is 0 Å². The van der Waals surface area contributed by atoms with Gasteiger partial charge in [0.15, 0.2) is 5.76 Å². The summed E-state index contributed by atoms with van der Waals surface area (Å²) in [6.07, 6.45) is 3.89. The second-order valence-corrected chi connectivity index (χ2v) is 10.6. The van der Waals surface area contributed by atoms with Gasteiger partial charge in [0.25, 0.3) is 5.91 Å². The maximum Gasteiger partial charge on any atom is 0.420 e. The fourth-order valence-corrected chi connectivity index (χ4v) is 6.01. The molecule has 0 saturated heterocycles. The largest absolute Gasteiger partial charge is 0.450 e. The van der Waals surface area contributed by atoms with Gasteiger partial charge in [0.1, 0.15) is 11.3 Å². The Kier molecular flexibility index (Phi) is 4.55. The Hall–Kier alpha value is -2.77. The summed E-state index contributed by atoms with van der Waals surface area (Å²) in [5.41, 5.74) is -0.370. The molecule has 0 spiro atoms. The van der Waals surface area contributed by atoms with E-state index in [4.69, 9.17) is 8.83 Å². The van der Waals surface area contributed by atoms with Crippen LogP contribution < -0.4 is 5.32 Å². The summed E-state index contributed by atoms with van der Waals surface area (Å²) in [7, 11) is 0. The van der Waals surface area contributed by atoms with Crippen LogP contribution in [-0.2, 0) is 11.6 Å². The first-order valence-corrected chi connectivity index (χ1v) is 12.0. The quantitative estimate of drug-likeness (QED) is 0.458. The predicted octanol–water partition coefficient (Wildman–Crippen LogP) is 6.71. The SMILES string of the molecule is Cc1cnc(C23CCC(NC(=O)c4oc5c(C(F)(F)F)cc(C6CC6)cc5c4C)(CC2)CC3)o1. The number of rotatable bonds is 4. The topological polar surface area (TPSA) is 68.3 Å². The number of hydrogen-bond donors (Lipinski definition) is 1. The third-order valence-electron chi connectivity index (χ3n) is 8.32. The molecule has 4 fully saturated rings. The molecule has 1 aromatic carbocycles. The third-order valence-corrected chi connectivity index (χ3v) is 8.32. The summed E-state index contributed by atoms with van der Waals surface area (Å²) in [5.74, 6) is 1.28. The highest BCUT2D eigenvalue weighted by molar-refractivity contribution is 6.00. The normalized spacial score (nSPS) is 26.9. The molecule has 2 aromatic heterocycles. The zero-order valence-corrected chi connectivity index (χ0v) is 19.3. The number of furan rings is 1. The fourth-order valence-electron chi connectivity index (χ4n) is 6.01. The molecule has 2 heterocycles. The first kappa shape index (κ1) is 21.7. The molecular formula is C26H27F3N2O3. The molecule has 4 saturated carbocycles. The van der Waals surface area contributed by atoms with Crippen molar-refractivity contribution in [2.24, 2.45) is 0 Å². The molecule has 7 rings (SSSR count). The molecule has 0 radical (unpaired) electrons. The molecule has 4 aliphatic carbocycles. The molecule has 34 heavy (non-hydrogen) atoms. The van der Waals surface area contributed by atoms with Gasteiger partial charge in [0.2, 0.25) is 5.89 Å². The molecular weight excluding hydrogens is 445 g/mol. The minimum Gasteiger partial charge on any atom is -0.450 e. The van der Waals surface area contributed by atoms with Gasteiger partial charge in [0.05, 0.1) is 11.8 Å². The van der Waals surface area contributed by atoms with E-state index in [1.807, 2.05) is 6.92 Å². The number of oxazole rings is 1. The van der Waals surface area contributed by atoms with E-state index in [1.54, 1.807) is 19.2 Å². The molecule has 4 aliphatic rings. The summed E-state index contributed by atoms with van der Waals surface area (Å²) >= 11 is 0. The second-order valence-electron chi connectivity index (χ2n) is 10.6. The van der Waals surface area contributed by atoms with E-state index < -0.39 is 17.6 Å². The van der Waals surface area contributed by atoms with E-state index >= 15 is 0 Å². The number of alkyl halides is 3. The van der Waals surface area contributed by atoms with Crippen molar-refractivity contribution in [2.45, 2.75) is 88.3 Å². The van der Waals surface area contributed by atoms with E-state index in [-0.39, 0.29) is 28.2 Å². The zero-order chi connectivity index (χ0) is 23.9. The molecule has 2 bridgehead atoms. The van der Waals surface area contributed by atoms with Crippen molar-refractivity contribution >= 4 is 16.9 Å². The van der Waals surface area contributed by atoms with E-state index in [1.165, 1.54) is 6.07 Å². The molecule has 0 atom stereocenters. The van der Waals surface area contributed by atoms with Gasteiger partial charge in [0, 0.05) is 21.9 Å². The molecule has 3 aromatic rings. The lowest BCUT2D eigenvalue weighted by molar-refractivity contribution is -0.136. The first-order chi connectivity index (χ1) is 16.1. The van der Waals surface area contributed by atoms with Crippen LogP contribution in [0.25, 0.3) is 11.0 Å². The minimum atomic E-state index is -4.55. The highest BCUT2D eigenvalue weighted by atomic mass is 19.4. The number of fused-ring (bicyclic) bond motifs is 4. The number of nitrogens with one attached hydrogen (secondary N) is 1. The van der Waals surface area contributed by atoms with Gasteiger partial charge in [-0.25, -0.2) is 4.98 Å². The van der Waals surface area contributed by atoms with Crippen molar-refractivity contribution in [3.8, 4) is 0 Å². The summed E-state index contributed by atoms with van der Waals surface area (Å²) in [6, 6.07) is 2.96. The van der Waals surface area contributed by atoms with Crippen molar-refractivity contribution in [3.05, 3.63) is 52.4 Å². The predicted molar refractivity (Wildman–Crippen MR) is 119 cm³/mol. The maximum absolute atomic E-state index is 13.8. The van der Waals surface area contributed by atoms with Crippen LogP contribution in [0, 0.1) is 13.8 Å². The Morgan fingerprint density at radius 3 is 2.29 bits per heavy atom. The molecule has 8 heteroatoms. The van der Waals surface area contributed by atoms with Crippen LogP contribution in [0.1, 0.15) is 96.2 Å². The average Bonchev–Trinajstić information content (AvgIpc) is 3.48. The summed E-state index contributed by atoms with van der Waals surface area (Å²) in [6.45, 7) is 3.56. The Bertz CT molecular complexity index is 1270. The van der Waals surface area contributed by atoms with Crippen molar-refractivity contribution in [3.63, 3.8) is 0 Å². The van der Waals surface area contributed by atoms with E-state index in [0.717, 1.165) is 63.0 Å². The summed E-state index contributed by atoms with van der Waals surface area (Å²) in [4.78, 5) is 17.8. The van der Waals surface area contributed by atoms with Gasteiger partial charge in [-0.15, -0.1) is 0 Å². The Morgan fingerprint density at radius 1 is 1.06 bits per heavy atom. The molecule has 5 nitrogen and oxygen atoms in total. The van der Waals surface area contributed by atoms with Crippen LogP contribution in [0.2, 0.25) is 0 Å². The monoisotopic (exact) mass is 472 g/mol. The van der Waals surface area contributed by atoms with Crippen LogP contribution in [0.4, 0.5) is 13.2 Å². The van der Waals surface area contributed by atoms with Crippen molar-refractivity contribution in [1.82, 2.24) is 10.3 Å². The van der Waals surface area contributed by atoms with E-state index in [9.17, 15) is 18.0 Å². The lowest BCUT2D eigenvalue weighted by atomic mass is 9.57. The molecule has 0 aliphatic heterocycles. The minimum absolute atomic E-state index is 0.0199. The first-order valence-electron chi connectivity index (χ1n) is 12.0. The van der Waals surface area contributed by atoms with Crippen LogP contribution in [0.5, 0.6) is 0 Å². The summed E-state index contributed by atoms with van der Waals surface area (Å²) in [5, 5.41) is 3.53. The average molecular weight is 473 g/mol. The van der Waals surface area contributed by atoms with Gasteiger partial charge in [-0.3, -0.25) is 4.79 Å². The standard InChI is InChI=1S/C26H27F3N2O3/c1-14-13-30-23(33-14)24-5-8-25(9-6-24,10-7-24)31-22(32)20-15(2)18-11-17(16-3-4-16)12-19(21(18)34-20)26(27,28)29/h11-13,16H,3-10H2,1-2H3,(H,31,32). The van der Waals surface area contributed by atoms with Crippen LogP contribution >= 0.6 is 0 Å². The van der Waals surface area contributed by atoms with E-state index in [2.05, 4.69) is 10.3 Å². The van der Waals surface area contributed by atoms with Crippen molar-refractivity contribution < 1.29 is 26.8 Å². The van der Waals surface area contributed by atoms with Gasteiger partial charge < -0.3 is 14.2 Å². The lowest BCUT2D eigenvalue weighted by Gasteiger charge is -2.52. The van der Waals surface area contributed by atoms with Gasteiger partial charge in [-0.1, -0.05) is 0 Å². The lowest BCUT2D eigenvalue weighted by Crippen LogP contribution is -2.57. The number of carbonyl (C=O) groups excluding carboxylic acids is 1. The number of aromatic nitrogens is 1. The Labute approximate surface area is 195 Å². The summed E-state index contributed by atoms with van der Waals surface area (Å²) < 4.78 is 53.0. The molecule has 1 amide bonds. The highest BCUT2D eigenvalue weighted by Gasteiger charge is 2.52. The number of halogens is 3. The fraction of sp³-hybridized carbons (Fsp3) is 0.538. The Morgan fingerprint density at radius 2 is 1.74 bits per heavy atom. The Balaban J connectivity index is 1.28. The van der Waals surface area contributed by atoms with Crippen LogP contribution in [0.15, 0.2) is 27.2 Å². The molecule has 180 valence electrons. The molecule has 0 unspecified atom stereocenters. The smallest absolute Gasteiger partial charge is 0.420 e. The number of hydrogen-bond acceptors (Lipinski definition) is 4. The van der Waals surface area contributed by atoms with E-state index in [0.29, 0.717) is 16.5 Å². The van der Waals surface area contributed by atoms with Gasteiger partial charge in [-0.05, 0) is 88.8 Å². The number of benzene rings is 1. The second kappa shape index (κ2) is 7.12. The van der Waals surface area contributed by atoms with Crippen LogP contribution in [-0.4, -0.2) is 16.4 Å². The number of amides is 1. The van der Waals surface area contributed by atoms with Gasteiger partial charge in [-0.2, -0.15) is 13.2 Å². The van der Waals surface area contributed by atoms with Crippen LogP contribution in [0.3, 0.4) is 0 Å². The maximum atomic E-state index is 13.8. The van der Waals surface area contributed by atoms with Gasteiger partial charge >= 0.3 is 6.18 Å². The zero-order valence-electron chi connectivity index (χ0n) is 19.3. The van der Waals surface area contributed by atoms with Crippen molar-refractivity contribution in [1.29, 1.82) is 0 Å². The number of nitrogens with zero attached hydrogens (tertiary/aromatic N) is 1. The highest BCUT2D eigenvalue weighted by Crippen LogP contribution is 2.53. The number of aryl methyl sites for hydroxylation is 2. The molecule has 1 N–H and O–H groups in total.